The summed E-state index contributed by atoms with van der Waals surface area (Å²) in [6.45, 7) is 8.96. The molecule has 4 aromatic rings. The Labute approximate surface area is 258 Å². The molecule has 2 atom stereocenters. The molecule has 1 aromatic heterocycles. The number of halogens is 3. The van der Waals surface area contributed by atoms with Gasteiger partial charge in [0.2, 0.25) is 0 Å². The van der Waals surface area contributed by atoms with E-state index in [1.54, 1.807) is 6.92 Å². The largest absolute Gasteiger partial charge is 0.466 e. The predicted molar refractivity (Wildman–Crippen MR) is 169 cm³/mol. The lowest BCUT2D eigenvalue weighted by Crippen LogP contribution is -2.34. The molecule has 1 aliphatic heterocycles. The molecule has 4 nitrogen and oxygen atoms in total. The molecule has 2 unspecified atom stereocenters. The van der Waals surface area contributed by atoms with E-state index in [-0.39, 0.29) is 17.8 Å². The third-order valence-electron chi connectivity index (χ3n) is 8.43. The third-order valence-corrected chi connectivity index (χ3v) is 8.43. The second-order valence-electron chi connectivity index (χ2n) is 12.2. The maximum absolute atomic E-state index is 13.3. The van der Waals surface area contributed by atoms with Crippen LogP contribution < -0.4 is 0 Å². The second kappa shape index (κ2) is 13.9. The SMILES string of the molecule is CCOC(=O)C(CC(C)C)c1cc(-c2ccc(C(F)(F)F)cc2)cc(C2CCCN(Cc3ccc(-n4cccc4)cc3)C2)c1. The summed E-state index contributed by atoms with van der Waals surface area (Å²) in [5.74, 6) is -0.207. The van der Waals surface area contributed by atoms with E-state index in [0.29, 0.717) is 18.6 Å². The Kier molecular flexibility index (Phi) is 9.94. The molecule has 0 N–H and O–H groups in total. The van der Waals surface area contributed by atoms with E-state index < -0.39 is 17.7 Å². The van der Waals surface area contributed by atoms with E-state index >= 15 is 0 Å². The summed E-state index contributed by atoms with van der Waals surface area (Å²) in [7, 11) is 0. The number of nitrogens with zero attached hydrogens (tertiary/aromatic N) is 2. The van der Waals surface area contributed by atoms with E-state index in [2.05, 4.69) is 59.7 Å². The molecule has 0 radical (unpaired) electrons. The molecule has 0 amide bonds. The molecule has 0 saturated carbocycles. The highest BCUT2D eigenvalue weighted by molar-refractivity contribution is 5.79. The van der Waals surface area contributed by atoms with E-state index in [1.807, 2.05) is 30.6 Å². The smallest absolute Gasteiger partial charge is 0.416 e. The van der Waals surface area contributed by atoms with Gasteiger partial charge in [0.15, 0.2) is 0 Å². The summed E-state index contributed by atoms with van der Waals surface area (Å²) < 4.78 is 47.5. The molecule has 3 aromatic carbocycles. The fourth-order valence-electron chi connectivity index (χ4n) is 6.22. The van der Waals surface area contributed by atoms with Crippen molar-refractivity contribution in [3.05, 3.63) is 114 Å². The Hall–Kier alpha value is -3.84. The molecule has 2 heterocycles. The molecule has 44 heavy (non-hydrogen) atoms. The fraction of sp³-hybridized carbons (Fsp3) is 0.378. The quantitative estimate of drug-likeness (QED) is 0.170. The molecule has 0 spiro atoms. The molecule has 0 aliphatic carbocycles. The molecule has 1 saturated heterocycles. The Bertz CT molecular complexity index is 1510. The number of benzene rings is 3. The molecule has 5 rings (SSSR count). The van der Waals surface area contributed by atoms with E-state index in [0.717, 1.165) is 67.0 Å². The average Bonchev–Trinajstić information content (AvgIpc) is 3.55. The first kappa shape index (κ1) is 31.6. The van der Waals surface area contributed by atoms with Crippen molar-refractivity contribution >= 4 is 5.97 Å². The molecule has 232 valence electrons. The van der Waals surface area contributed by atoms with Gasteiger partial charge in [0.05, 0.1) is 18.1 Å². The van der Waals surface area contributed by atoms with Crippen molar-refractivity contribution in [2.75, 3.05) is 19.7 Å². The molecule has 7 heteroatoms. The van der Waals surface area contributed by atoms with Crippen molar-refractivity contribution in [1.82, 2.24) is 9.47 Å². The van der Waals surface area contributed by atoms with Crippen molar-refractivity contribution < 1.29 is 22.7 Å². The minimum atomic E-state index is -4.40. The Balaban J connectivity index is 1.44. The van der Waals surface area contributed by atoms with Crippen LogP contribution in [-0.2, 0) is 22.3 Å². The van der Waals surface area contributed by atoms with Gasteiger partial charge in [-0.25, -0.2) is 0 Å². The average molecular weight is 603 g/mol. The minimum absolute atomic E-state index is 0.234. The molecular weight excluding hydrogens is 561 g/mol. The van der Waals surface area contributed by atoms with Crippen LogP contribution in [0.2, 0.25) is 0 Å². The topological polar surface area (TPSA) is 34.5 Å². The first-order valence-corrected chi connectivity index (χ1v) is 15.5. The van der Waals surface area contributed by atoms with Gasteiger partial charge in [-0.3, -0.25) is 9.69 Å². The van der Waals surface area contributed by atoms with Crippen molar-refractivity contribution in [2.45, 2.75) is 64.6 Å². The highest BCUT2D eigenvalue weighted by Gasteiger charge is 2.31. The number of esters is 1. The highest BCUT2D eigenvalue weighted by atomic mass is 19.4. The van der Waals surface area contributed by atoms with Crippen molar-refractivity contribution in [3.63, 3.8) is 0 Å². The summed E-state index contributed by atoms with van der Waals surface area (Å²) in [5.41, 5.74) is 5.20. The predicted octanol–water partition coefficient (Wildman–Crippen LogP) is 9.24. The summed E-state index contributed by atoms with van der Waals surface area (Å²) >= 11 is 0. The van der Waals surface area contributed by atoms with Gasteiger partial charge in [-0.05, 0) is 109 Å². The van der Waals surface area contributed by atoms with Gasteiger partial charge in [-0.1, -0.05) is 56.3 Å². The van der Waals surface area contributed by atoms with E-state index in [1.165, 1.54) is 17.7 Å². The zero-order chi connectivity index (χ0) is 31.3. The van der Waals surface area contributed by atoms with Gasteiger partial charge in [0.25, 0.3) is 0 Å². The van der Waals surface area contributed by atoms with Crippen LogP contribution in [0.5, 0.6) is 0 Å². The maximum Gasteiger partial charge on any atom is 0.416 e. The Morgan fingerprint density at radius 1 is 0.955 bits per heavy atom. The lowest BCUT2D eigenvalue weighted by Gasteiger charge is -2.34. The zero-order valence-corrected chi connectivity index (χ0v) is 25.7. The monoisotopic (exact) mass is 602 g/mol. The summed E-state index contributed by atoms with van der Waals surface area (Å²) in [6, 6.07) is 24.2. The second-order valence-corrected chi connectivity index (χ2v) is 12.2. The summed E-state index contributed by atoms with van der Waals surface area (Å²) in [6.07, 6.45) is 2.35. The van der Waals surface area contributed by atoms with Crippen LogP contribution >= 0.6 is 0 Å². The summed E-state index contributed by atoms with van der Waals surface area (Å²) in [5, 5.41) is 0. The number of carbonyl (C=O) groups is 1. The first-order chi connectivity index (χ1) is 21.1. The summed E-state index contributed by atoms with van der Waals surface area (Å²) in [4.78, 5) is 15.6. The van der Waals surface area contributed by atoms with Gasteiger partial charge >= 0.3 is 12.1 Å². The van der Waals surface area contributed by atoms with Crippen LogP contribution in [0, 0.1) is 5.92 Å². The van der Waals surface area contributed by atoms with Crippen LogP contribution in [0.25, 0.3) is 16.8 Å². The number of hydrogen-bond donors (Lipinski definition) is 0. The standard InChI is InChI=1S/C37H41F3N2O2/c1-4-44-36(43)35(20-26(2)3)32-22-30(28-11-13-33(14-12-28)37(38,39)40)21-31(23-32)29-8-7-17-41(25-29)24-27-9-15-34(16-10-27)42-18-5-6-19-42/h5-6,9-16,18-19,21-23,26,29,35H,4,7-8,17,20,24-25H2,1-3H3. The normalized spacial score (nSPS) is 16.7. The molecule has 1 fully saturated rings. The van der Waals surface area contributed by atoms with E-state index in [9.17, 15) is 18.0 Å². The van der Waals surface area contributed by atoms with Crippen molar-refractivity contribution in [1.29, 1.82) is 0 Å². The van der Waals surface area contributed by atoms with Crippen LogP contribution in [0.15, 0.2) is 91.3 Å². The van der Waals surface area contributed by atoms with Gasteiger partial charge in [-0.2, -0.15) is 13.2 Å². The van der Waals surface area contributed by atoms with E-state index in [4.69, 9.17) is 4.74 Å². The number of likely N-dealkylation sites (tertiary alicyclic amines) is 1. The lowest BCUT2D eigenvalue weighted by molar-refractivity contribution is -0.145. The van der Waals surface area contributed by atoms with Crippen LogP contribution in [0.1, 0.15) is 74.1 Å². The third kappa shape index (κ3) is 7.81. The molecule has 0 bridgehead atoms. The Morgan fingerprint density at radius 3 is 2.30 bits per heavy atom. The van der Waals surface area contributed by atoms with Crippen LogP contribution in [0.4, 0.5) is 13.2 Å². The van der Waals surface area contributed by atoms with Gasteiger partial charge in [0.1, 0.15) is 0 Å². The molecular formula is C37H41F3N2O2. The number of piperidine rings is 1. The first-order valence-electron chi connectivity index (χ1n) is 15.5. The maximum atomic E-state index is 13.3. The van der Waals surface area contributed by atoms with Gasteiger partial charge < -0.3 is 9.30 Å². The Morgan fingerprint density at radius 2 is 1.66 bits per heavy atom. The highest BCUT2D eigenvalue weighted by Crippen LogP contribution is 2.37. The number of carbonyl (C=O) groups excluding carboxylic acids is 1. The number of rotatable bonds is 10. The number of aromatic nitrogens is 1. The lowest BCUT2D eigenvalue weighted by atomic mass is 9.83. The van der Waals surface area contributed by atoms with Crippen LogP contribution in [0.3, 0.4) is 0 Å². The minimum Gasteiger partial charge on any atom is -0.466 e. The van der Waals surface area contributed by atoms with Gasteiger partial charge in [0, 0.05) is 31.2 Å². The zero-order valence-electron chi connectivity index (χ0n) is 25.7. The molecule has 1 aliphatic rings. The number of alkyl halides is 3. The van der Waals surface area contributed by atoms with Crippen molar-refractivity contribution in [2.24, 2.45) is 5.92 Å². The van der Waals surface area contributed by atoms with Crippen LogP contribution in [-0.4, -0.2) is 35.1 Å². The van der Waals surface area contributed by atoms with Crippen molar-refractivity contribution in [3.8, 4) is 16.8 Å². The number of hydrogen-bond acceptors (Lipinski definition) is 3. The number of ether oxygens (including phenoxy) is 1. The fourth-order valence-corrected chi connectivity index (χ4v) is 6.22. The van der Waals surface area contributed by atoms with Gasteiger partial charge in [-0.15, -0.1) is 0 Å².